The Labute approximate surface area is 251 Å². The predicted molar refractivity (Wildman–Crippen MR) is 177 cm³/mol. The normalized spacial score (nSPS) is 26.7. The number of thiophene rings is 1. The number of rotatable bonds is 3. The van der Waals surface area contributed by atoms with Gasteiger partial charge in [-0.15, -0.1) is 11.3 Å². The molecule has 2 heteroatoms. The zero-order valence-corrected chi connectivity index (χ0v) is 24.5. The maximum Gasteiger partial charge on any atom is 0.0468 e. The maximum absolute atomic E-state index is 2.61. The first kappa shape index (κ1) is 23.7. The molecule has 0 radical (unpaired) electrons. The fraction of sp³-hybridized carbons (Fsp3) is 0.250. The Hall–Kier alpha value is -3.88. The second-order valence-corrected chi connectivity index (χ2v) is 14.5. The average molecular weight is 560 g/mol. The zero-order valence-electron chi connectivity index (χ0n) is 23.7. The van der Waals surface area contributed by atoms with Crippen molar-refractivity contribution in [1.29, 1.82) is 0 Å². The molecule has 4 bridgehead atoms. The highest BCUT2D eigenvalue weighted by Crippen LogP contribution is 2.69. The van der Waals surface area contributed by atoms with E-state index in [4.69, 9.17) is 0 Å². The first-order valence-corrected chi connectivity index (χ1v) is 16.6. The molecule has 1 spiro atoms. The highest BCUT2D eigenvalue weighted by atomic mass is 32.1. The minimum atomic E-state index is 0.172. The summed E-state index contributed by atoms with van der Waals surface area (Å²) in [6, 6.07) is 43.8. The number of nitrogens with zero attached hydrogens (tertiary/aromatic N) is 1. The summed E-state index contributed by atoms with van der Waals surface area (Å²) in [5.41, 5.74) is 10.1. The van der Waals surface area contributed by atoms with Gasteiger partial charge in [-0.05, 0) is 127 Å². The lowest BCUT2D eigenvalue weighted by Gasteiger charge is -2.61. The molecule has 1 aromatic heterocycles. The highest BCUT2D eigenvalue weighted by molar-refractivity contribution is 7.25. The van der Waals surface area contributed by atoms with E-state index in [1.54, 1.807) is 11.1 Å². The third kappa shape index (κ3) is 3.09. The molecule has 0 amide bonds. The van der Waals surface area contributed by atoms with Crippen LogP contribution in [0, 0.1) is 23.7 Å². The van der Waals surface area contributed by atoms with Gasteiger partial charge in [0.05, 0.1) is 0 Å². The molecule has 42 heavy (non-hydrogen) atoms. The Balaban J connectivity index is 1.20. The van der Waals surface area contributed by atoms with Gasteiger partial charge in [-0.1, -0.05) is 66.7 Å². The van der Waals surface area contributed by atoms with Crippen LogP contribution in [0.3, 0.4) is 0 Å². The molecule has 204 valence electrons. The van der Waals surface area contributed by atoms with Gasteiger partial charge >= 0.3 is 0 Å². The van der Waals surface area contributed by atoms with Crippen LogP contribution in [-0.4, -0.2) is 0 Å². The summed E-state index contributed by atoms with van der Waals surface area (Å²) in [6.07, 6.45) is 7.13. The van der Waals surface area contributed by atoms with Crippen molar-refractivity contribution in [2.45, 2.75) is 37.5 Å². The van der Waals surface area contributed by atoms with E-state index in [1.165, 1.54) is 80.5 Å². The molecule has 0 unspecified atom stereocenters. The third-order valence-electron chi connectivity index (χ3n) is 11.4. The standard InChI is InChI=1S/C40H33NS/c1-2-8-29(9-3-1)41(30-15-17-39-35(23-30)34-11-5-7-13-38(34)42-39)31-14-16-33-32-10-4-6-12-36(32)40(37(33)24-31)27-19-25-18-26(21-27)22-28(40)20-25/h1-17,23-28H,18-22H2. The molecular weight excluding hydrogens is 527 g/mol. The molecule has 1 nitrogen and oxygen atoms in total. The van der Waals surface area contributed by atoms with Crippen LogP contribution >= 0.6 is 11.3 Å². The van der Waals surface area contributed by atoms with Gasteiger partial charge in [-0.2, -0.15) is 0 Å². The van der Waals surface area contributed by atoms with Gasteiger partial charge < -0.3 is 4.90 Å². The second kappa shape index (κ2) is 8.58. The number of para-hydroxylation sites is 1. The van der Waals surface area contributed by atoms with Crippen molar-refractivity contribution in [2.75, 3.05) is 4.90 Å². The molecule has 6 aromatic rings. The fourth-order valence-corrected chi connectivity index (χ4v) is 11.2. The average Bonchev–Trinajstić information content (AvgIpc) is 3.54. The molecule has 11 rings (SSSR count). The molecule has 4 fully saturated rings. The first-order chi connectivity index (χ1) is 20.8. The van der Waals surface area contributed by atoms with Crippen LogP contribution in [0.5, 0.6) is 0 Å². The van der Waals surface area contributed by atoms with Gasteiger partial charge in [0.2, 0.25) is 0 Å². The summed E-state index contributed by atoms with van der Waals surface area (Å²) >= 11 is 1.89. The third-order valence-corrected chi connectivity index (χ3v) is 12.6. The lowest BCUT2D eigenvalue weighted by Crippen LogP contribution is -2.55. The smallest absolute Gasteiger partial charge is 0.0468 e. The number of hydrogen-bond donors (Lipinski definition) is 0. The van der Waals surface area contributed by atoms with Crippen LogP contribution in [-0.2, 0) is 5.41 Å². The topological polar surface area (TPSA) is 3.24 Å². The molecule has 4 saturated carbocycles. The monoisotopic (exact) mass is 559 g/mol. The molecule has 0 N–H and O–H groups in total. The second-order valence-electron chi connectivity index (χ2n) is 13.4. The Morgan fingerprint density at radius 3 is 1.98 bits per heavy atom. The summed E-state index contributed by atoms with van der Waals surface area (Å²) in [4.78, 5) is 2.50. The molecular formula is C40H33NS. The molecule has 5 aliphatic carbocycles. The molecule has 0 saturated heterocycles. The number of hydrogen-bond acceptors (Lipinski definition) is 2. The largest absolute Gasteiger partial charge is 0.310 e. The van der Waals surface area contributed by atoms with Crippen molar-refractivity contribution in [1.82, 2.24) is 0 Å². The van der Waals surface area contributed by atoms with Crippen molar-refractivity contribution in [2.24, 2.45) is 23.7 Å². The number of anilines is 3. The number of fused-ring (bicyclic) bond motifs is 6. The van der Waals surface area contributed by atoms with Gasteiger partial charge in [0.15, 0.2) is 0 Å². The Morgan fingerprint density at radius 1 is 0.500 bits per heavy atom. The fourth-order valence-electron chi connectivity index (χ4n) is 10.2. The molecule has 1 heterocycles. The van der Waals surface area contributed by atoms with E-state index in [-0.39, 0.29) is 5.41 Å². The van der Waals surface area contributed by atoms with Gasteiger partial charge in [0.25, 0.3) is 0 Å². The Morgan fingerprint density at radius 2 is 1.14 bits per heavy atom. The molecule has 0 aliphatic heterocycles. The van der Waals surface area contributed by atoms with Crippen LogP contribution in [0.1, 0.15) is 43.2 Å². The van der Waals surface area contributed by atoms with Crippen LogP contribution < -0.4 is 4.90 Å². The summed E-state index contributed by atoms with van der Waals surface area (Å²) < 4.78 is 2.71. The quantitative estimate of drug-likeness (QED) is 0.208. The minimum absolute atomic E-state index is 0.172. The Kier molecular flexibility index (Phi) is 4.83. The minimum Gasteiger partial charge on any atom is -0.310 e. The van der Waals surface area contributed by atoms with Crippen molar-refractivity contribution >= 4 is 48.6 Å². The van der Waals surface area contributed by atoms with Gasteiger partial charge in [-0.25, -0.2) is 0 Å². The van der Waals surface area contributed by atoms with Gasteiger partial charge in [0, 0.05) is 42.6 Å². The summed E-state index contributed by atoms with van der Waals surface area (Å²) in [5, 5.41) is 2.70. The van der Waals surface area contributed by atoms with Crippen molar-refractivity contribution in [3.63, 3.8) is 0 Å². The van der Waals surface area contributed by atoms with E-state index >= 15 is 0 Å². The lowest BCUT2D eigenvalue weighted by atomic mass is 9.43. The van der Waals surface area contributed by atoms with E-state index in [1.807, 2.05) is 11.3 Å². The molecule has 5 aromatic carbocycles. The van der Waals surface area contributed by atoms with Crippen molar-refractivity contribution in [3.8, 4) is 11.1 Å². The van der Waals surface area contributed by atoms with E-state index < -0.39 is 0 Å². The van der Waals surface area contributed by atoms with Crippen molar-refractivity contribution in [3.05, 3.63) is 126 Å². The first-order valence-electron chi connectivity index (χ1n) is 15.8. The van der Waals surface area contributed by atoms with Crippen LogP contribution in [0.15, 0.2) is 115 Å². The molecule has 5 aliphatic rings. The van der Waals surface area contributed by atoms with Gasteiger partial charge in [0.1, 0.15) is 0 Å². The van der Waals surface area contributed by atoms with Crippen molar-refractivity contribution < 1.29 is 0 Å². The van der Waals surface area contributed by atoms with E-state index in [9.17, 15) is 0 Å². The number of benzene rings is 5. The predicted octanol–water partition coefficient (Wildman–Crippen LogP) is 11.2. The van der Waals surface area contributed by atoms with Gasteiger partial charge in [-0.3, -0.25) is 0 Å². The van der Waals surface area contributed by atoms with Crippen LogP contribution in [0.2, 0.25) is 0 Å². The zero-order chi connectivity index (χ0) is 27.4. The van der Waals surface area contributed by atoms with E-state index in [0.717, 1.165) is 23.7 Å². The highest BCUT2D eigenvalue weighted by Gasteiger charge is 2.61. The SMILES string of the molecule is c1ccc(N(c2ccc3c(c2)C2(c4ccccc4-3)C3CC4CC(C3)CC2C4)c2ccc3sc4ccccc4c3c2)cc1. The maximum atomic E-state index is 2.61. The summed E-state index contributed by atoms with van der Waals surface area (Å²) in [5.74, 6) is 3.44. The lowest BCUT2D eigenvalue weighted by molar-refractivity contribution is -0.0399. The molecule has 0 atom stereocenters. The Bertz CT molecular complexity index is 1990. The van der Waals surface area contributed by atoms with Crippen LogP contribution in [0.25, 0.3) is 31.3 Å². The van der Waals surface area contributed by atoms with E-state index in [2.05, 4.69) is 120 Å². The summed E-state index contributed by atoms with van der Waals surface area (Å²) in [7, 11) is 0. The summed E-state index contributed by atoms with van der Waals surface area (Å²) in [6.45, 7) is 0. The van der Waals surface area contributed by atoms with E-state index in [0.29, 0.717) is 0 Å². The van der Waals surface area contributed by atoms with Crippen LogP contribution in [0.4, 0.5) is 17.1 Å².